The maximum absolute atomic E-state index is 2.45. The summed E-state index contributed by atoms with van der Waals surface area (Å²) >= 11 is 0. The molecule has 0 atom stereocenters. The quantitative estimate of drug-likeness (QED) is 0.415. The Morgan fingerprint density at radius 1 is 0.964 bits per heavy atom. The number of fused-ring (bicyclic) bond motifs is 4. The summed E-state index contributed by atoms with van der Waals surface area (Å²) in [5.41, 5.74) is 8.23. The average molecular weight is 367 g/mol. The zero-order valence-corrected chi connectivity index (χ0v) is 16.9. The van der Waals surface area contributed by atoms with Crippen molar-refractivity contribution >= 4 is 33.4 Å². The second-order valence-electron chi connectivity index (χ2n) is 8.14. The highest BCUT2D eigenvalue weighted by atomic mass is 15.1. The summed E-state index contributed by atoms with van der Waals surface area (Å²) in [5.74, 6) is 0. The first-order valence-corrected chi connectivity index (χ1v) is 10.1. The molecule has 0 fully saturated rings. The zero-order chi connectivity index (χ0) is 19.3. The van der Waals surface area contributed by atoms with Crippen molar-refractivity contribution < 1.29 is 0 Å². The molecule has 4 aromatic rings. The lowest BCUT2D eigenvalue weighted by Crippen LogP contribution is -2.26. The predicted molar refractivity (Wildman–Crippen MR) is 121 cm³/mol. The Morgan fingerprint density at radius 2 is 1.79 bits per heavy atom. The fourth-order valence-corrected chi connectivity index (χ4v) is 4.62. The van der Waals surface area contributed by atoms with Crippen LogP contribution in [0.5, 0.6) is 0 Å². The first-order chi connectivity index (χ1) is 13.6. The number of aryl methyl sites for hydroxylation is 1. The minimum Gasteiger partial charge on any atom is -0.320 e. The number of benzene rings is 3. The van der Waals surface area contributed by atoms with E-state index in [1.54, 1.807) is 0 Å². The molecule has 0 spiro atoms. The molecule has 0 aliphatic carbocycles. The summed E-state index contributed by atoms with van der Waals surface area (Å²) in [6, 6.07) is 22.1. The van der Waals surface area contributed by atoms with Crippen LogP contribution in [0, 0.1) is 6.92 Å². The maximum Gasteiger partial charge on any atom is 0.0529 e. The van der Waals surface area contributed by atoms with Gasteiger partial charge in [-0.1, -0.05) is 54.1 Å². The second-order valence-corrected chi connectivity index (χ2v) is 8.14. The lowest BCUT2D eigenvalue weighted by molar-refractivity contribution is 0.312. The van der Waals surface area contributed by atoms with Crippen molar-refractivity contribution in [1.29, 1.82) is 0 Å². The monoisotopic (exact) mass is 366 g/mol. The van der Waals surface area contributed by atoms with E-state index in [1.807, 2.05) is 0 Å². The van der Waals surface area contributed by atoms with Crippen molar-refractivity contribution in [3.63, 3.8) is 0 Å². The number of likely N-dealkylation sites (N-methyl/N-ethyl adjacent to an activating group) is 1. The van der Waals surface area contributed by atoms with Crippen molar-refractivity contribution in [2.24, 2.45) is 0 Å². The van der Waals surface area contributed by atoms with E-state index in [0.29, 0.717) is 0 Å². The van der Waals surface area contributed by atoms with Crippen molar-refractivity contribution in [2.75, 3.05) is 13.6 Å². The van der Waals surface area contributed by atoms with Crippen LogP contribution in [-0.2, 0) is 13.0 Å². The maximum atomic E-state index is 2.45. The Hall–Kier alpha value is -2.84. The molecule has 2 heterocycles. The van der Waals surface area contributed by atoms with Gasteiger partial charge in [-0.3, -0.25) is 0 Å². The van der Waals surface area contributed by atoms with Crippen LogP contribution in [0.1, 0.15) is 29.3 Å². The summed E-state index contributed by atoms with van der Waals surface area (Å²) in [6.45, 7) is 6.57. The third-order valence-corrected chi connectivity index (χ3v) is 6.07. The Kier molecular flexibility index (Phi) is 4.10. The Balaban J connectivity index is 1.73. The predicted octanol–water partition coefficient (Wildman–Crippen LogP) is 6.11. The van der Waals surface area contributed by atoms with Crippen LogP contribution >= 0.6 is 0 Å². The molecule has 140 valence electrons. The molecular weight excluding hydrogens is 340 g/mol. The van der Waals surface area contributed by atoms with Crippen molar-refractivity contribution in [1.82, 2.24) is 9.47 Å². The molecule has 3 aromatic carbocycles. The van der Waals surface area contributed by atoms with Gasteiger partial charge in [-0.15, -0.1) is 0 Å². The van der Waals surface area contributed by atoms with Gasteiger partial charge in [-0.2, -0.15) is 0 Å². The number of hydrogen-bond donors (Lipinski definition) is 0. The van der Waals surface area contributed by atoms with E-state index in [4.69, 9.17) is 0 Å². The third-order valence-electron chi connectivity index (χ3n) is 6.07. The van der Waals surface area contributed by atoms with E-state index in [2.05, 4.69) is 97.2 Å². The molecule has 0 amide bonds. The van der Waals surface area contributed by atoms with Gasteiger partial charge >= 0.3 is 0 Å². The first kappa shape index (κ1) is 17.3. The second kappa shape index (κ2) is 6.65. The fraction of sp³-hybridized carbons (Fsp3) is 0.231. The number of hydrogen-bond acceptors (Lipinski definition) is 1. The van der Waals surface area contributed by atoms with Crippen molar-refractivity contribution in [3.8, 4) is 0 Å². The number of allylic oxidation sites excluding steroid dienone is 1. The van der Waals surface area contributed by atoms with E-state index < -0.39 is 0 Å². The standard InChI is InChI=1S/C26H26N2/c1-18-11-12-25-23(15-18)24-17-27(3)14-13-26(24)28(25)16-19(2)21-10-6-8-20-7-4-5-9-22(20)21/h4-12,15-16H,13-14,17H2,1-3H3/b19-16+. The topological polar surface area (TPSA) is 8.17 Å². The van der Waals surface area contributed by atoms with Gasteiger partial charge in [0.2, 0.25) is 0 Å². The molecule has 1 aliphatic rings. The van der Waals surface area contributed by atoms with Gasteiger partial charge in [0.05, 0.1) is 5.52 Å². The normalized spacial score (nSPS) is 15.3. The van der Waals surface area contributed by atoms with Crippen LogP contribution in [-0.4, -0.2) is 23.1 Å². The molecule has 2 heteroatoms. The van der Waals surface area contributed by atoms with Crippen molar-refractivity contribution in [3.05, 3.63) is 83.0 Å². The van der Waals surface area contributed by atoms with E-state index in [9.17, 15) is 0 Å². The van der Waals surface area contributed by atoms with Gasteiger partial charge in [0.15, 0.2) is 0 Å². The Morgan fingerprint density at radius 3 is 2.68 bits per heavy atom. The highest BCUT2D eigenvalue weighted by Crippen LogP contribution is 2.33. The summed E-state index contributed by atoms with van der Waals surface area (Å²) in [6.07, 6.45) is 3.45. The van der Waals surface area contributed by atoms with E-state index in [1.165, 1.54) is 49.6 Å². The van der Waals surface area contributed by atoms with Crippen LogP contribution in [0.4, 0.5) is 0 Å². The third kappa shape index (κ3) is 2.76. The molecule has 0 saturated heterocycles. The first-order valence-electron chi connectivity index (χ1n) is 10.1. The number of nitrogens with zero attached hydrogens (tertiary/aromatic N) is 2. The smallest absolute Gasteiger partial charge is 0.0529 e. The van der Waals surface area contributed by atoms with Crippen LogP contribution in [0.15, 0.2) is 60.7 Å². The highest BCUT2D eigenvalue weighted by Gasteiger charge is 2.22. The molecule has 0 bridgehead atoms. The Bertz CT molecular complexity index is 1220. The number of rotatable bonds is 2. The average Bonchev–Trinajstić information content (AvgIpc) is 2.99. The van der Waals surface area contributed by atoms with Gasteiger partial charge in [0.1, 0.15) is 0 Å². The summed E-state index contributed by atoms with van der Waals surface area (Å²) in [7, 11) is 2.22. The van der Waals surface area contributed by atoms with Gasteiger partial charge in [0, 0.05) is 36.8 Å². The highest BCUT2D eigenvalue weighted by molar-refractivity contribution is 5.97. The summed E-state index contributed by atoms with van der Waals surface area (Å²) in [4.78, 5) is 2.43. The largest absolute Gasteiger partial charge is 0.320 e. The minimum absolute atomic E-state index is 1.03. The number of aromatic nitrogens is 1. The van der Waals surface area contributed by atoms with Crippen molar-refractivity contribution in [2.45, 2.75) is 26.8 Å². The minimum atomic E-state index is 1.03. The van der Waals surface area contributed by atoms with Gasteiger partial charge in [0.25, 0.3) is 0 Å². The zero-order valence-electron chi connectivity index (χ0n) is 16.9. The van der Waals surface area contributed by atoms with Gasteiger partial charge in [-0.05, 0) is 60.5 Å². The van der Waals surface area contributed by atoms with E-state index >= 15 is 0 Å². The lowest BCUT2D eigenvalue weighted by atomic mass is 10.00. The van der Waals surface area contributed by atoms with Crippen LogP contribution in [0.3, 0.4) is 0 Å². The van der Waals surface area contributed by atoms with E-state index in [0.717, 1.165) is 19.5 Å². The molecule has 28 heavy (non-hydrogen) atoms. The molecule has 2 nitrogen and oxygen atoms in total. The Labute approximate surface area is 166 Å². The van der Waals surface area contributed by atoms with Crippen LogP contribution in [0.2, 0.25) is 0 Å². The van der Waals surface area contributed by atoms with Crippen LogP contribution in [0.25, 0.3) is 33.4 Å². The van der Waals surface area contributed by atoms with E-state index in [-0.39, 0.29) is 0 Å². The molecule has 5 rings (SSSR count). The molecule has 0 saturated carbocycles. The fourth-order valence-electron chi connectivity index (χ4n) is 4.62. The summed E-state index contributed by atoms with van der Waals surface area (Å²) in [5, 5.41) is 4.02. The molecular formula is C26H26N2. The molecule has 0 radical (unpaired) electrons. The lowest BCUT2D eigenvalue weighted by Gasteiger charge is -2.23. The van der Waals surface area contributed by atoms with Gasteiger partial charge in [-0.25, -0.2) is 0 Å². The molecule has 0 unspecified atom stereocenters. The SMILES string of the molecule is C/C(=C\n1c2c(c3cc(C)ccc31)CN(C)CC2)c1cccc2ccccc12. The summed E-state index contributed by atoms with van der Waals surface area (Å²) < 4.78 is 2.45. The molecule has 1 aromatic heterocycles. The van der Waals surface area contributed by atoms with Gasteiger partial charge < -0.3 is 9.47 Å². The van der Waals surface area contributed by atoms with Crippen LogP contribution < -0.4 is 0 Å². The molecule has 1 aliphatic heterocycles. The molecule has 0 N–H and O–H groups in total.